The van der Waals surface area contributed by atoms with Gasteiger partial charge in [-0.05, 0) is 38.1 Å². The summed E-state index contributed by atoms with van der Waals surface area (Å²) in [6, 6.07) is 15.7. The van der Waals surface area contributed by atoms with Gasteiger partial charge in [0.2, 0.25) is 0 Å². The van der Waals surface area contributed by atoms with Crippen LogP contribution in [0, 0.1) is 0 Å². The predicted molar refractivity (Wildman–Crippen MR) is 103 cm³/mol. The summed E-state index contributed by atoms with van der Waals surface area (Å²) in [5.41, 5.74) is 0.308. The molecule has 1 aromatic heterocycles. The van der Waals surface area contributed by atoms with Crippen LogP contribution >= 0.6 is 0 Å². The SMILES string of the molecule is CC(C)Oc1ccc(N(C)c2nc(-c3ccccc3)ncc2C(F)(F)F)cc1. The molecule has 4 nitrogen and oxygen atoms in total. The molecule has 0 amide bonds. The number of halogens is 3. The molecule has 0 atom stereocenters. The Labute approximate surface area is 161 Å². The van der Waals surface area contributed by atoms with Crippen molar-refractivity contribution in [1.29, 1.82) is 0 Å². The molecule has 0 aliphatic heterocycles. The maximum Gasteiger partial charge on any atom is 0.421 e. The molecule has 0 fully saturated rings. The normalized spacial score (nSPS) is 11.5. The van der Waals surface area contributed by atoms with Crippen molar-refractivity contribution in [3.8, 4) is 17.1 Å². The van der Waals surface area contributed by atoms with Gasteiger partial charge in [0.1, 0.15) is 17.1 Å². The fourth-order valence-electron chi connectivity index (χ4n) is 2.70. The van der Waals surface area contributed by atoms with Crippen molar-refractivity contribution >= 4 is 11.5 Å². The van der Waals surface area contributed by atoms with E-state index in [0.717, 1.165) is 6.20 Å². The first-order chi connectivity index (χ1) is 13.3. The van der Waals surface area contributed by atoms with E-state index in [4.69, 9.17) is 4.74 Å². The Morgan fingerprint density at radius 3 is 2.18 bits per heavy atom. The Balaban J connectivity index is 2.02. The highest BCUT2D eigenvalue weighted by Crippen LogP contribution is 2.38. The van der Waals surface area contributed by atoms with Gasteiger partial charge in [0, 0.05) is 24.5 Å². The number of anilines is 2. The van der Waals surface area contributed by atoms with E-state index < -0.39 is 11.7 Å². The summed E-state index contributed by atoms with van der Waals surface area (Å²) < 4.78 is 46.2. The van der Waals surface area contributed by atoms with Crippen molar-refractivity contribution in [2.45, 2.75) is 26.1 Å². The molecule has 3 rings (SSSR count). The minimum absolute atomic E-state index is 0.00991. The predicted octanol–water partition coefficient (Wildman–Crippen LogP) is 5.72. The molecule has 0 spiro atoms. The lowest BCUT2D eigenvalue weighted by atomic mass is 10.2. The van der Waals surface area contributed by atoms with Crippen LogP contribution in [0.1, 0.15) is 19.4 Å². The molecule has 2 aromatic carbocycles. The van der Waals surface area contributed by atoms with Gasteiger partial charge in [-0.25, -0.2) is 9.97 Å². The van der Waals surface area contributed by atoms with Crippen LogP contribution in [0.4, 0.5) is 24.7 Å². The van der Waals surface area contributed by atoms with Crippen LogP contribution in [0.2, 0.25) is 0 Å². The average Bonchev–Trinajstić information content (AvgIpc) is 2.67. The molecule has 28 heavy (non-hydrogen) atoms. The van der Waals surface area contributed by atoms with Crippen LogP contribution in [0.15, 0.2) is 60.8 Å². The molecule has 0 radical (unpaired) electrons. The molecule has 0 saturated carbocycles. The van der Waals surface area contributed by atoms with E-state index in [2.05, 4.69) is 9.97 Å². The van der Waals surface area contributed by atoms with Gasteiger partial charge in [0.15, 0.2) is 5.82 Å². The van der Waals surface area contributed by atoms with Gasteiger partial charge >= 0.3 is 6.18 Å². The number of ether oxygens (including phenoxy) is 1. The first-order valence-corrected chi connectivity index (χ1v) is 8.76. The molecule has 0 unspecified atom stereocenters. The van der Waals surface area contributed by atoms with Crippen LogP contribution in [0.5, 0.6) is 5.75 Å². The number of benzene rings is 2. The fraction of sp³-hybridized carbons (Fsp3) is 0.238. The molecule has 0 saturated heterocycles. The second-order valence-electron chi connectivity index (χ2n) is 6.51. The monoisotopic (exact) mass is 387 g/mol. The zero-order chi connectivity index (χ0) is 20.3. The molecular formula is C21H20F3N3O. The Hall–Kier alpha value is -3.09. The lowest BCUT2D eigenvalue weighted by Gasteiger charge is -2.23. The lowest BCUT2D eigenvalue weighted by molar-refractivity contribution is -0.137. The number of aromatic nitrogens is 2. The summed E-state index contributed by atoms with van der Waals surface area (Å²) in [7, 11) is 1.55. The Bertz CT molecular complexity index is 926. The summed E-state index contributed by atoms with van der Waals surface area (Å²) in [5, 5.41) is 0. The first kappa shape index (κ1) is 19.7. The zero-order valence-electron chi connectivity index (χ0n) is 15.7. The van der Waals surface area contributed by atoms with Crippen molar-refractivity contribution in [2.24, 2.45) is 0 Å². The number of alkyl halides is 3. The third-order valence-electron chi connectivity index (χ3n) is 4.02. The minimum Gasteiger partial charge on any atom is -0.491 e. The van der Waals surface area contributed by atoms with Crippen molar-refractivity contribution in [1.82, 2.24) is 9.97 Å². The maximum absolute atomic E-state index is 13.5. The van der Waals surface area contributed by atoms with Crippen LogP contribution < -0.4 is 9.64 Å². The van der Waals surface area contributed by atoms with Crippen LogP contribution in [0.3, 0.4) is 0 Å². The second kappa shape index (κ2) is 7.88. The minimum atomic E-state index is -4.57. The number of rotatable bonds is 5. The van der Waals surface area contributed by atoms with Gasteiger partial charge in [-0.1, -0.05) is 30.3 Å². The molecule has 1 heterocycles. The van der Waals surface area contributed by atoms with Crippen LogP contribution in [0.25, 0.3) is 11.4 Å². The summed E-state index contributed by atoms with van der Waals surface area (Å²) in [5.74, 6) is 0.671. The zero-order valence-corrected chi connectivity index (χ0v) is 15.7. The average molecular weight is 387 g/mol. The number of hydrogen-bond donors (Lipinski definition) is 0. The van der Waals surface area contributed by atoms with E-state index in [1.807, 2.05) is 19.9 Å². The highest BCUT2D eigenvalue weighted by molar-refractivity contribution is 5.66. The number of nitrogens with zero attached hydrogens (tertiary/aromatic N) is 3. The second-order valence-corrected chi connectivity index (χ2v) is 6.51. The molecule has 0 N–H and O–H groups in total. The fourth-order valence-corrected chi connectivity index (χ4v) is 2.70. The topological polar surface area (TPSA) is 38.2 Å². The molecule has 0 aliphatic carbocycles. The summed E-state index contributed by atoms with van der Waals surface area (Å²) >= 11 is 0. The van der Waals surface area contributed by atoms with Gasteiger partial charge in [-0.15, -0.1) is 0 Å². The van der Waals surface area contributed by atoms with Crippen molar-refractivity contribution < 1.29 is 17.9 Å². The van der Waals surface area contributed by atoms with Crippen LogP contribution in [-0.2, 0) is 6.18 Å². The third-order valence-corrected chi connectivity index (χ3v) is 4.02. The summed E-state index contributed by atoms with van der Waals surface area (Å²) in [4.78, 5) is 9.54. The van der Waals surface area contributed by atoms with Crippen molar-refractivity contribution in [3.05, 3.63) is 66.4 Å². The molecule has 0 aliphatic rings. The van der Waals surface area contributed by atoms with E-state index in [0.29, 0.717) is 17.0 Å². The van der Waals surface area contributed by atoms with Crippen molar-refractivity contribution in [2.75, 3.05) is 11.9 Å². The van der Waals surface area contributed by atoms with E-state index in [-0.39, 0.29) is 17.7 Å². The third kappa shape index (κ3) is 4.42. The van der Waals surface area contributed by atoms with Gasteiger partial charge in [-0.3, -0.25) is 0 Å². The number of hydrogen-bond acceptors (Lipinski definition) is 4. The highest BCUT2D eigenvalue weighted by atomic mass is 19.4. The first-order valence-electron chi connectivity index (χ1n) is 8.76. The van der Waals surface area contributed by atoms with Gasteiger partial charge < -0.3 is 9.64 Å². The molecule has 3 aromatic rings. The molecule has 0 bridgehead atoms. The van der Waals surface area contributed by atoms with E-state index in [1.54, 1.807) is 55.6 Å². The smallest absolute Gasteiger partial charge is 0.421 e. The lowest BCUT2D eigenvalue weighted by Crippen LogP contribution is -2.19. The summed E-state index contributed by atoms with van der Waals surface area (Å²) in [6.07, 6.45) is -3.73. The van der Waals surface area contributed by atoms with Gasteiger partial charge in [0.25, 0.3) is 0 Å². The quantitative estimate of drug-likeness (QED) is 0.561. The van der Waals surface area contributed by atoms with Crippen molar-refractivity contribution in [3.63, 3.8) is 0 Å². The molecular weight excluding hydrogens is 367 g/mol. The van der Waals surface area contributed by atoms with Gasteiger partial charge in [-0.2, -0.15) is 13.2 Å². The Morgan fingerprint density at radius 1 is 0.964 bits per heavy atom. The largest absolute Gasteiger partial charge is 0.491 e. The highest BCUT2D eigenvalue weighted by Gasteiger charge is 2.36. The van der Waals surface area contributed by atoms with E-state index in [1.165, 1.54) is 4.90 Å². The maximum atomic E-state index is 13.5. The Morgan fingerprint density at radius 2 is 1.61 bits per heavy atom. The van der Waals surface area contributed by atoms with E-state index in [9.17, 15) is 13.2 Å². The van der Waals surface area contributed by atoms with Crippen LogP contribution in [-0.4, -0.2) is 23.1 Å². The summed E-state index contributed by atoms with van der Waals surface area (Å²) in [6.45, 7) is 3.81. The molecule has 146 valence electrons. The Kier molecular flexibility index (Phi) is 5.53. The van der Waals surface area contributed by atoms with E-state index >= 15 is 0 Å². The van der Waals surface area contributed by atoms with Gasteiger partial charge in [0.05, 0.1) is 6.10 Å². The molecule has 7 heteroatoms. The standard InChI is InChI=1S/C21H20F3N3O/c1-14(2)28-17-11-9-16(10-12-17)27(3)20-18(21(22,23)24)13-25-19(26-20)15-7-5-4-6-8-15/h4-14H,1-3H3.